The first-order valence-electron chi connectivity index (χ1n) is 9.53. The molecule has 1 aromatic heterocycles. The fraction of sp³-hybridized carbons (Fsp3) is 0.333. The van der Waals surface area contributed by atoms with Crippen LogP contribution in [0.1, 0.15) is 33.9 Å². The maximum atomic E-state index is 12.8. The van der Waals surface area contributed by atoms with Crippen LogP contribution < -0.4 is 15.5 Å². The van der Waals surface area contributed by atoms with E-state index in [9.17, 15) is 4.79 Å². The fourth-order valence-corrected chi connectivity index (χ4v) is 5.05. The molecule has 2 N–H and O–H groups in total. The number of rotatable bonds is 3. The third-order valence-corrected chi connectivity index (χ3v) is 6.54. The van der Waals surface area contributed by atoms with Gasteiger partial charge in [0.15, 0.2) is 5.13 Å². The lowest BCUT2D eigenvalue weighted by Gasteiger charge is -2.26. The summed E-state index contributed by atoms with van der Waals surface area (Å²) >= 11 is 1.67. The first-order chi connectivity index (χ1) is 13.3. The first kappa shape index (κ1) is 16.7. The van der Waals surface area contributed by atoms with Crippen LogP contribution in [0.2, 0.25) is 0 Å². The van der Waals surface area contributed by atoms with Crippen molar-refractivity contribution in [3.63, 3.8) is 0 Å². The number of carbonyl (C=O) groups is 1. The number of nitrogens with one attached hydrogen (secondary N) is 2. The average Bonchev–Trinajstić information content (AvgIpc) is 3.32. The van der Waals surface area contributed by atoms with Crippen molar-refractivity contribution in [1.29, 1.82) is 0 Å². The summed E-state index contributed by atoms with van der Waals surface area (Å²) in [5.74, 6) is -0.00396. The lowest BCUT2D eigenvalue weighted by atomic mass is 10.1. The predicted octanol–water partition coefficient (Wildman–Crippen LogP) is 3.12. The van der Waals surface area contributed by atoms with Crippen molar-refractivity contribution in [1.82, 2.24) is 15.6 Å². The number of hydrogen-bond acceptors (Lipinski definition) is 5. The van der Waals surface area contributed by atoms with Crippen molar-refractivity contribution in [2.45, 2.75) is 18.9 Å². The number of carbonyl (C=O) groups excluding carboxylic acids is 1. The Hall–Kier alpha value is -2.44. The summed E-state index contributed by atoms with van der Waals surface area (Å²) in [6.45, 7) is 3.95. The van der Waals surface area contributed by atoms with E-state index in [4.69, 9.17) is 4.98 Å². The third-order valence-electron chi connectivity index (χ3n) is 5.47. The summed E-state index contributed by atoms with van der Waals surface area (Å²) in [5, 5.41) is 7.63. The molecule has 0 spiro atoms. The summed E-state index contributed by atoms with van der Waals surface area (Å²) < 4.78 is 1.07. The quantitative estimate of drug-likeness (QED) is 0.735. The van der Waals surface area contributed by atoms with E-state index in [1.165, 1.54) is 11.1 Å². The number of thiazole rings is 1. The largest absolute Gasteiger partial charge is 0.346 e. The Bertz CT molecular complexity index is 993. The Morgan fingerprint density at radius 1 is 1.19 bits per heavy atom. The molecule has 3 aromatic rings. The van der Waals surface area contributed by atoms with Crippen molar-refractivity contribution in [3.8, 4) is 0 Å². The van der Waals surface area contributed by atoms with Crippen molar-refractivity contribution in [2.75, 3.05) is 31.1 Å². The van der Waals surface area contributed by atoms with E-state index < -0.39 is 0 Å². The molecule has 6 heteroatoms. The summed E-state index contributed by atoms with van der Waals surface area (Å²) in [7, 11) is 0. The third kappa shape index (κ3) is 3.19. The van der Waals surface area contributed by atoms with Crippen LogP contribution in [0, 0.1) is 0 Å². The zero-order chi connectivity index (χ0) is 18.2. The molecular weight excluding hydrogens is 356 g/mol. The molecule has 1 fully saturated rings. The molecule has 2 heterocycles. The molecule has 1 saturated heterocycles. The number of nitrogens with zero attached hydrogens (tertiary/aromatic N) is 2. The Kier molecular flexibility index (Phi) is 4.30. The molecule has 1 unspecified atom stereocenters. The van der Waals surface area contributed by atoms with Gasteiger partial charge in [0.1, 0.15) is 0 Å². The minimum atomic E-state index is -0.00396. The Morgan fingerprint density at radius 2 is 2.04 bits per heavy atom. The molecule has 0 saturated carbocycles. The van der Waals surface area contributed by atoms with E-state index in [1.807, 2.05) is 24.3 Å². The van der Waals surface area contributed by atoms with Gasteiger partial charge in [-0.2, -0.15) is 0 Å². The van der Waals surface area contributed by atoms with Gasteiger partial charge in [-0.15, -0.1) is 0 Å². The van der Waals surface area contributed by atoms with Crippen LogP contribution in [0.5, 0.6) is 0 Å². The number of benzene rings is 2. The summed E-state index contributed by atoms with van der Waals surface area (Å²) in [4.78, 5) is 19.9. The summed E-state index contributed by atoms with van der Waals surface area (Å²) in [5.41, 5.74) is 4.28. The first-order valence-corrected chi connectivity index (χ1v) is 10.3. The molecule has 1 amide bonds. The Balaban J connectivity index is 1.36. The van der Waals surface area contributed by atoms with Crippen LogP contribution >= 0.6 is 11.3 Å². The molecule has 5 rings (SSSR count). The monoisotopic (exact) mass is 378 g/mol. The van der Waals surface area contributed by atoms with Crippen LogP contribution in [0.25, 0.3) is 10.2 Å². The maximum Gasteiger partial charge on any atom is 0.251 e. The van der Waals surface area contributed by atoms with Crippen LogP contribution in [0.15, 0.2) is 42.5 Å². The standard InChI is InChI=1S/C21H22N4OS/c26-20(23-17-7-5-14-3-1-2-4-16(14)17)15-6-8-18-19(13-15)27-21(24-18)25-11-9-22-10-12-25/h1-4,6,8,13,17,22H,5,7,9-12H2,(H,23,26). The molecule has 2 aromatic carbocycles. The van der Waals surface area contributed by atoms with Gasteiger partial charge in [0.2, 0.25) is 0 Å². The number of aromatic nitrogens is 1. The Morgan fingerprint density at radius 3 is 2.93 bits per heavy atom. The number of anilines is 1. The number of piperazine rings is 1. The summed E-state index contributed by atoms with van der Waals surface area (Å²) in [6.07, 6.45) is 2.00. The second kappa shape index (κ2) is 6.94. The Labute approximate surface area is 162 Å². The smallest absolute Gasteiger partial charge is 0.251 e. The summed E-state index contributed by atoms with van der Waals surface area (Å²) in [6, 6.07) is 14.3. The molecule has 1 aliphatic carbocycles. The molecule has 2 aliphatic rings. The van der Waals surface area contributed by atoms with E-state index in [1.54, 1.807) is 11.3 Å². The molecule has 0 radical (unpaired) electrons. The highest BCUT2D eigenvalue weighted by Crippen LogP contribution is 2.32. The lowest BCUT2D eigenvalue weighted by Crippen LogP contribution is -2.43. The van der Waals surface area contributed by atoms with Gasteiger partial charge in [-0.3, -0.25) is 4.79 Å². The molecule has 138 valence electrons. The molecule has 1 atom stereocenters. The SMILES string of the molecule is O=C(NC1CCc2ccccc21)c1ccc2nc(N3CCNCC3)sc2c1. The van der Waals surface area contributed by atoms with E-state index in [0.717, 1.165) is 54.4 Å². The topological polar surface area (TPSA) is 57.3 Å². The molecular formula is C21H22N4OS. The van der Waals surface area contributed by atoms with Gasteiger partial charge in [-0.1, -0.05) is 35.6 Å². The van der Waals surface area contributed by atoms with Gasteiger partial charge in [0.05, 0.1) is 16.3 Å². The maximum absolute atomic E-state index is 12.8. The average molecular weight is 379 g/mol. The van der Waals surface area contributed by atoms with Gasteiger partial charge in [0.25, 0.3) is 5.91 Å². The van der Waals surface area contributed by atoms with E-state index >= 15 is 0 Å². The van der Waals surface area contributed by atoms with Crippen LogP contribution in [-0.4, -0.2) is 37.1 Å². The highest BCUT2D eigenvalue weighted by Gasteiger charge is 2.24. The zero-order valence-electron chi connectivity index (χ0n) is 15.1. The van der Waals surface area contributed by atoms with Gasteiger partial charge < -0.3 is 15.5 Å². The zero-order valence-corrected chi connectivity index (χ0v) is 15.9. The van der Waals surface area contributed by atoms with E-state index in [2.05, 4.69) is 33.7 Å². The van der Waals surface area contributed by atoms with Crippen molar-refractivity contribution < 1.29 is 4.79 Å². The van der Waals surface area contributed by atoms with Gasteiger partial charge >= 0.3 is 0 Å². The van der Waals surface area contributed by atoms with E-state index in [-0.39, 0.29) is 11.9 Å². The fourth-order valence-electron chi connectivity index (χ4n) is 3.99. The van der Waals surface area contributed by atoms with Crippen LogP contribution in [0.3, 0.4) is 0 Å². The van der Waals surface area contributed by atoms with Crippen molar-refractivity contribution >= 4 is 32.6 Å². The predicted molar refractivity (Wildman–Crippen MR) is 110 cm³/mol. The lowest BCUT2D eigenvalue weighted by molar-refractivity contribution is 0.0937. The van der Waals surface area contributed by atoms with Crippen LogP contribution in [-0.2, 0) is 6.42 Å². The number of hydrogen-bond donors (Lipinski definition) is 2. The van der Waals surface area contributed by atoms with Crippen molar-refractivity contribution in [2.24, 2.45) is 0 Å². The highest BCUT2D eigenvalue weighted by molar-refractivity contribution is 7.22. The van der Waals surface area contributed by atoms with Gasteiger partial charge in [-0.05, 0) is 42.2 Å². The van der Waals surface area contributed by atoms with Crippen LogP contribution in [0.4, 0.5) is 5.13 Å². The number of aryl methyl sites for hydroxylation is 1. The highest BCUT2D eigenvalue weighted by atomic mass is 32.1. The second-order valence-corrected chi connectivity index (χ2v) is 8.19. The minimum absolute atomic E-state index is 0.00396. The number of amides is 1. The van der Waals surface area contributed by atoms with E-state index in [0.29, 0.717) is 5.56 Å². The molecule has 5 nitrogen and oxygen atoms in total. The molecule has 0 bridgehead atoms. The molecule has 27 heavy (non-hydrogen) atoms. The minimum Gasteiger partial charge on any atom is -0.346 e. The molecule has 1 aliphatic heterocycles. The number of fused-ring (bicyclic) bond motifs is 2. The van der Waals surface area contributed by atoms with Gasteiger partial charge in [0, 0.05) is 31.7 Å². The normalized spacial score (nSPS) is 19.3. The van der Waals surface area contributed by atoms with Gasteiger partial charge in [-0.25, -0.2) is 4.98 Å². The van der Waals surface area contributed by atoms with Crippen molar-refractivity contribution in [3.05, 3.63) is 59.2 Å². The second-order valence-electron chi connectivity index (χ2n) is 7.18.